The Morgan fingerprint density at radius 1 is 1.05 bits per heavy atom. The van der Waals surface area contributed by atoms with Gasteiger partial charge in [0.05, 0.1) is 5.02 Å². The molecule has 2 aromatic carbocycles. The highest BCUT2D eigenvalue weighted by Crippen LogP contribution is 2.33. The van der Waals surface area contributed by atoms with Crippen LogP contribution in [0.15, 0.2) is 47.4 Å². The van der Waals surface area contributed by atoms with E-state index in [0.29, 0.717) is 10.8 Å². The number of nitrogen functional groups attached to an aromatic ring is 1. The van der Waals surface area contributed by atoms with Gasteiger partial charge in [0.25, 0.3) is 0 Å². The average molecular weight is 299 g/mol. The summed E-state index contributed by atoms with van der Waals surface area (Å²) in [5.74, 6) is 0.406. The topological polar surface area (TPSA) is 95.4 Å². The molecule has 0 aliphatic heterocycles. The summed E-state index contributed by atoms with van der Waals surface area (Å²) < 4.78 is 28.5. The van der Waals surface area contributed by atoms with E-state index in [4.69, 9.17) is 27.2 Å². The van der Waals surface area contributed by atoms with Crippen LogP contribution in [0, 0.1) is 0 Å². The van der Waals surface area contributed by atoms with E-state index < -0.39 is 10.0 Å². The van der Waals surface area contributed by atoms with Crippen molar-refractivity contribution in [3.63, 3.8) is 0 Å². The van der Waals surface area contributed by atoms with Crippen molar-refractivity contribution < 1.29 is 13.2 Å². The van der Waals surface area contributed by atoms with E-state index in [0.717, 1.165) is 0 Å². The van der Waals surface area contributed by atoms with Gasteiger partial charge < -0.3 is 10.5 Å². The maximum Gasteiger partial charge on any atom is 0.241 e. The van der Waals surface area contributed by atoms with Crippen molar-refractivity contribution in [1.82, 2.24) is 0 Å². The maximum atomic E-state index is 11.5. The van der Waals surface area contributed by atoms with Gasteiger partial charge in [0.1, 0.15) is 16.4 Å². The summed E-state index contributed by atoms with van der Waals surface area (Å²) in [7, 11) is -3.94. The summed E-state index contributed by atoms with van der Waals surface area (Å²) >= 11 is 5.94. The van der Waals surface area contributed by atoms with Crippen LogP contribution in [0.4, 0.5) is 5.69 Å². The van der Waals surface area contributed by atoms with Gasteiger partial charge in [0.2, 0.25) is 10.0 Å². The molecule has 0 heterocycles. The Labute approximate surface area is 115 Å². The minimum absolute atomic E-state index is 0.0739. The Balaban J connectivity index is 2.50. The van der Waals surface area contributed by atoms with E-state index in [2.05, 4.69) is 0 Å². The normalized spacial score (nSPS) is 11.3. The Kier molecular flexibility index (Phi) is 3.66. The number of halogens is 1. The van der Waals surface area contributed by atoms with Crippen molar-refractivity contribution >= 4 is 27.3 Å². The largest absolute Gasteiger partial charge is 0.454 e. The molecule has 0 aliphatic rings. The van der Waals surface area contributed by atoms with Crippen LogP contribution >= 0.6 is 11.6 Å². The van der Waals surface area contributed by atoms with Crippen LogP contribution < -0.4 is 15.6 Å². The van der Waals surface area contributed by atoms with Gasteiger partial charge in [-0.25, -0.2) is 13.6 Å². The first-order valence-electron chi connectivity index (χ1n) is 5.22. The number of para-hydroxylation sites is 1. The first kappa shape index (κ1) is 13.7. The van der Waals surface area contributed by atoms with Gasteiger partial charge in [-0.2, -0.15) is 0 Å². The smallest absolute Gasteiger partial charge is 0.241 e. The third-order valence-electron chi connectivity index (χ3n) is 2.33. The zero-order chi connectivity index (χ0) is 14.0. The molecule has 7 heteroatoms. The van der Waals surface area contributed by atoms with Crippen molar-refractivity contribution in [3.05, 3.63) is 47.5 Å². The summed E-state index contributed by atoms with van der Waals surface area (Å²) in [6.07, 6.45) is 0. The lowest BCUT2D eigenvalue weighted by Crippen LogP contribution is -2.13. The second-order valence-electron chi connectivity index (χ2n) is 3.78. The Morgan fingerprint density at radius 3 is 2.37 bits per heavy atom. The lowest BCUT2D eigenvalue weighted by molar-refractivity contribution is 0.468. The van der Waals surface area contributed by atoms with Crippen molar-refractivity contribution in [3.8, 4) is 11.5 Å². The molecular weight excluding hydrogens is 288 g/mol. The van der Waals surface area contributed by atoms with E-state index in [-0.39, 0.29) is 16.3 Å². The number of hydrogen-bond acceptors (Lipinski definition) is 4. The summed E-state index contributed by atoms with van der Waals surface area (Å²) in [5.41, 5.74) is 5.82. The molecule has 0 fully saturated rings. The fourth-order valence-corrected chi connectivity index (χ4v) is 2.34. The van der Waals surface area contributed by atoms with E-state index >= 15 is 0 Å². The Hall–Kier alpha value is -1.76. The molecule has 0 bridgehead atoms. The molecule has 100 valence electrons. The number of hydrogen-bond donors (Lipinski definition) is 2. The molecule has 0 radical (unpaired) electrons. The highest BCUT2D eigenvalue weighted by Gasteiger charge is 2.17. The zero-order valence-corrected chi connectivity index (χ0v) is 11.3. The molecule has 0 spiro atoms. The van der Waals surface area contributed by atoms with Gasteiger partial charge in [-0.1, -0.05) is 23.7 Å². The van der Waals surface area contributed by atoms with Crippen molar-refractivity contribution in [2.75, 3.05) is 5.73 Å². The number of benzene rings is 2. The summed E-state index contributed by atoms with van der Waals surface area (Å²) in [6.45, 7) is 0. The van der Waals surface area contributed by atoms with Gasteiger partial charge >= 0.3 is 0 Å². The predicted molar refractivity (Wildman–Crippen MR) is 73.8 cm³/mol. The van der Waals surface area contributed by atoms with Crippen molar-refractivity contribution in [2.24, 2.45) is 5.14 Å². The molecule has 2 rings (SSSR count). The first-order chi connectivity index (χ1) is 8.88. The fourth-order valence-electron chi connectivity index (χ4n) is 1.48. The van der Waals surface area contributed by atoms with Gasteiger partial charge in [0.15, 0.2) is 0 Å². The second-order valence-corrected chi connectivity index (χ2v) is 5.72. The molecule has 0 aromatic heterocycles. The first-order valence-corrected chi connectivity index (χ1v) is 7.15. The van der Waals surface area contributed by atoms with E-state index in [1.807, 2.05) is 0 Å². The third-order valence-corrected chi connectivity index (χ3v) is 3.58. The van der Waals surface area contributed by atoms with Gasteiger partial charge in [0, 0.05) is 5.69 Å². The number of ether oxygens (including phenoxy) is 1. The minimum Gasteiger partial charge on any atom is -0.454 e. The van der Waals surface area contributed by atoms with E-state index in [9.17, 15) is 8.42 Å². The van der Waals surface area contributed by atoms with E-state index in [1.54, 1.807) is 24.3 Å². The fraction of sp³-hybridized carbons (Fsp3) is 0. The Morgan fingerprint density at radius 2 is 1.74 bits per heavy atom. The quantitative estimate of drug-likeness (QED) is 0.850. The molecule has 5 nitrogen and oxygen atoms in total. The highest BCUT2D eigenvalue weighted by molar-refractivity contribution is 7.89. The standard InChI is InChI=1S/C12H11ClN2O3S/c13-9-3-1-2-4-10(9)18-11-6-5-8(14)7-12(11)19(15,16)17/h1-7H,14H2,(H2,15,16,17). The SMILES string of the molecule is Nc1ccc(Oc2ccccc2Cl)c(S(N)(=O)=O)c1. The third kappa shape index (κ3) is 3.17. The summed E-state index contributed by atoms with van der Waals surface area (Å²) in [5, 5.41) is 5.48. The second kappa shape index (κ2) is 5.08. The van der Waals surface area contributed by atoms with Gasteiger partial charge in [-0.15, -0.1) is 0 Å². The van der Waals surface area contributed by atoms with Gasteiger partial charge in [-0.05, 0) is 30.3 Å². The zero-order valence-electron chi connectivity index (χ0n) is 9.71. The van der Waals surface area contributed by atoms with Crippen molar-refractivity contribution in [1.29, 1.82) is 0 Å². The number of anilines is 1. The molecule has 4 N–H and O–H groups in total. The molecule has 2 aromatic rings. The van der Waals surface area contributed by atoms with Gasteiger partial charge in [-0.3, -0.25) is 0 Å². The highest BCUT2D eigenvalue weighted by atomic mass is 35.5. The van der Waals surface area contributed by atoms with Crippen LogP contribution in [0.1, 0.15) is 0 Å². The predicted octanol–water partition coefficient (Wildman–Crippen LogP) is 2.36. The molecule has 0 amide bonds. The number of sulfonamides is 1. The number of nitrogens with two attached hydrogens (primary N) is 2. The van der Waals surface area contributed by atoms with Crippen LogP contribution in [0.3, 0.4) is 0 Å². The van der Waals surface area contributed by atoms with Crippen LogP contribution in [-0.2, 0) is 10.0 Å². The maximum absolute atomic E-state index is 11.5. The lowest BCUT2D eigenvalue weighted by Gasteiger charge is -2.11. The van der Waals surface area contributed by atoms with Crippen LogP contribution in [0.5, 0.6) is 11.5 Å². The molecule has 19 heavy (non-hydrogen) atoms. The molecular formula is C12H11ClN2O3S. The van der Waals surface area contributed by atoms with Crippen LogP contribution in [0.25, 0.3) is 0 Å². The summed E-state index contributed by atoms with van der Waals surface area (Å²) in [4.78, 5) is -0.188. The average Bonchev–Trinajstić information content (AvgIpc) is 2.33. The monoisotopic (exact) mass is 298 g/mol. The minimum atomic E-state index is -3.94. The molecule has 0 saturated heterocycles. The molecule has 0 unspecified atom stereocenters. The van der Waals surface area contributed by atoms with E-state index in [1.165, 1.54) is 18.2 Å². The van der Waals surface area contributed by atoms with Crippen LogP contribution in [-0.4, -0.2) is 8.42 Å². The Bertz CT molecular complexity index is 717. The molecule has 0 aliphatic carbocycles. The lowest BCUT2D eigenvalue weighted by atomic mass is 10.3. The number of primary sulfonamides is 1. The molecule has 0 atom stereocenters. The van der Waals surface area contributed by atoms with Crippen LogP contribution in [0.2, 0.25) is 5.02 Å². The number of rotatable bonds is 3. The molecule has 0 saturated carbocycles. The van der Waals surface area contributed by atoms with Crippen molar-refractivity contribution in [2.45, 2.75) is 4.90 Å². The summed E-state index contributed by atoms with van der Waals surface area (Å²) in [6, 6.07) is 10.9.